The number of rotatable bonds is 7. The maximum Gasteiger partial charge on any atom is 0.246 e. The van der Waals surface area contributed by atoms with Crippen LogP contribution in [0.25, 0.3) is 0 Å². The second-order valence-electron chi connectivity index (χ2n) is 5.21. The summed E-state index contributed by atoms with van der Waals surface area (Å²) in [7, 11) is 1.61. The molecular formula is C13H24ClNO3. The van der Waals surface area contributed by atoms with Gasteiger partial charge in [-0.3, -0.25) is 4.79 Å². The summed E-state index contributed by atoms with van der Waals surface area (Å²) < 4.78 is 10.1. The molecule has 0 radical (unpaired) electrons. The lowest BCUT2D eigenvalue weighted by molar-refractivity contribution is -0.128. The molecule has 1 aliphatic rings. The zero-order chi connectivity index (χ0) is 13.4. The minimum absolute atomic E-state index is 0.0797. The van der Waals surface area contributed by atoms with Crippen molar-refractivity contribution in [1.82, 2.24) is 5.32 Å². The van der Waals surface area contributed by atoms with Gasteiger partial charge in [-0.25, -0.2) is 0 Å². The summed E-state index contributed by atoms with van der Waals surface area (Å²) in [6.07, 6.45) is 4.27. The summed E-state index contributed by atoms with van der Waals surface area (Å²) in [4.78, 5) is 11.8. The molecule has 106 valence electrons. The minimum atomic E-state index is -0.235. The zero-order valence-corrected chi connectivity index (χ0v) is 12.1. The van der Waals surface area contributed by atoms with Crippen molar-refractivity contribution in [2.75, 3.05) is 32.8 Å². The molecule has 1 rings (SSSR count). The fourth-order valence-corrected chi connectivity index (χ4v) is 2.88. The maximum atomic E-state index is 11.8. The van der Waals surface area contributed by atoms with E-state index < -0.39 is 0 Å². The van der Waals surface area contributed by atoms with Gasteiger partial charge in [-0.15, -0.1) is 11.6 Å². The Morgan fingerprint density at radius 2 is 2.28 bits per heavy atom. The monoisotopic (exact) mass is 277 g/mol. The van der Waals surface area contributed by atoms with Gasteiger partial charge >= 0.3 is 0 Å². The van der Waals surface area contributed by atoms with E-state index >= 15 is 0 Å². The smallest absolute Gasteiger partial charge is 0.246 e. The molecule has 0 heterocycles. The van der Waals surface area contributed by atoms with Crippen molar-refractivity contribution in [3.05, 3.63) is 0 Å². The Balaban J connectivity index is 2.35. The highest BCUT2D eigenvalue weighted by molar-refractivity contribution is 6.18. The van der Waals surface area contributed by atoms with E-state index in [1.165, 1.54) is 6.42 Å². The second-order valence-corrected chi connectivity index (χ2v) is 5.48. The number of methoxy groups -OCH3 is 1. The van der Waals surface area contributed by atoms with Crippen molar-refractivity contribution in [3.63, 3.8) is 0 Å². The SMILES string of the molecule is COCCOCC(=O)NC1(CCl)CCCC(C)C1. The molecule has 5 heteroatoms. The number of carbonyl (C=O) groups is 1. The normalized spacial score (nSPS) is 28.1. The first-order chi connectivity index (χ1) is 8.62. The van der Waals surface area contributed by atoms with Crippen LogP contribution in [0.5, 0.6) is 0 Å². The third-order valence-electron chi connectivity index (χ3n) is 3.42. The molecule has 0 spiro atoms. The Kier molecular flexibility index (Phi) is 6.97. The van der Waals surface area contributed by atoms with Crippen LogP contribution >= 0.6 is 11.6 Å². The lowest BCUT2D eigenvalue weighted by Crippen LogP contribution is -2.53. The summed E-state index contributed by atoms with van der Waals surface area (Å²) in [5, 5.41) is 3.05. The first-order valence-corrected chi connectivity index (χ1v) is 7.09. The van der Waals surface area contributed by atoms with Gasteiger partial charge in [0.1, 0.15) is 6.61 Å². The van der Waals surface area contributed by atoms with Crippen molar-refractivity contribution in [3.8, 4) is 0 Å². The number of amides is 1. The van der Waals surface area contributed by atoms with E-state index in [0.29, 0.717) is 25.0 Å². The predicted molar refractivity (Wildman–Crippen MR) is 71.9 cm³/mol. The highest BCUT2D eigenvalue weighted by atomic mass is 35.5. The van der Waals surface area contributed by atoms with Crippen molar-refractivity contribution in [2.45, 2.75) is 38.1 Å². The Labute approximate surface area is 114 Å². The third-order valence-corrected chi connectivity index (χ3v) is 3.93. The molecule has 0 aromatic rings. The topological polar surface area (TPSA) is 47.6 Å². The number of halogens is 1. The fraction of sp³-hybridized carbons (Fsp3) is 0.923. The van der Waals surface area contributed by atoms with Crippen molar-refractivity contribution in [1.29, 1.82) is 0 Å². The van der Waals surface area contributed by atoms with E-state index in [4.69, 9.17) is 21.1 Å². The highest BCUT2D eigenvalue weighted by Crippen LogP contribution is 2.33. The molecule has 4 nitrogen and oxygen atoms in total. The molecule has 2 atom stereocenters. The summed E-state index contributed by atoms with van der Waals surface area (Å²) in [6, 6.07) is 0. The van der Waals surface area contributed by atoms with Crippen LogP contribution in [0.2, 0.25) is 0 Å². The number of hydrogen-bond acceptors (Lipinski definition) is 3. The quantitative estimate of drug-likeness (QED) is 0.572. The predicted octanol–water partition coefficient (Wildman–Crippen LogP) is 1.95. The Morgan fingerprint density at radius 1 is 1.50 bits per heavy atom. The molecule has 1 N–H and O–H groups in total. The number of hydrogen-bond donors (Lipinski definition) is 1. The summed E-state index contributed by atoms with van der Waals surface area (Å²) in [6.45, 7) is 3.23. The number of alkyl halides is 1. The van der Waals surface area contributed by atoms with Crippen LogP contribution < -0.4 is 5.32 Å². The van der Waals surface area contributed by atoms with E-state index in [1.54, 1.807) is 7.11 Å². The van der Waals surface area contributed by atoms with Crippen LogP contribution in [0.15, 0.2) is 0 Å². The van der Waals surface area contributed by atoms with Gasteiger partial charge in [0.2, 0.25) is 5.91 Å². The van der Waals surface area contributed by atoms with Gasteiger partial charge in [0.25, 0.3) is 0 Å². The van der Waals surface area contributed by atoms with Crippen LogP contribution in [0.4, 0.5) is 0 Å². The summed E-state index contributed by atoms with van der Waals surface area (Å²) in [5.41, 5.74) is -0.235. The Morgan fingerprint density at radius 3 is 2.89 bits per heavy atom. The van der Waals surface area contributed by atoms with Crippen LogP contribution in [-0.4, -0.2) is 44.3 Å². The average molecular weight is 278 g/mol. The highest BCUT2D eigenvalue weighted by Gasteiger charge is 2.35. The Bertz CT molecular complexity index is 263. The van der Waals surface area contributed by atoms with Gasteiger partial charge in [-0.2, -0.15) is 0 Å². The van der Waals surface area contributed by atoms with E-state index in [0.717, 1.165) is 19.3 Å². The van der Waals surface area contributed by atoms with Gasteiger partial charge in [0.05, 0.1) is 18.8 Å². The molecule has 0 aromatic carbocycles. The summed E-state index contributed by atoms with van der Waals surface area (Å²) >= 11 is 6.05. The molecule has 18 heavy (non-hydrogen) atoms. The van der Waals surface area contributed by atoms with Crippen LogP contribution in [0, 0.1) is 5.92 Å². The number of ether oxygens (including phenoxy) is 2. The first kappa shape index (κ1) is 15.7. The molecule has 0 aliphatic heterocycles. The maximum absolute atomic E-state index is 11.8. The van der Waals surface area contributed by atoms with E-state index in [2.05, 4.69) is 12.2 Å². The van der Waals surface area contributed by atoms with Crippen molar-refractivity contribution >= 4 is 17.5 Å². The number of nitrogens with one attached hydrogen (secondary N) is 1. The molecular weight excluding hydrogens is 254 g/mol. The molecule has 2 unspecified atom stereocenters. The molecule has 1 saturated carbocycles. The first-order valence-electron chi connectivity index (χ1n) is 6.55. The van der Waals surface area contributed by atoms with Crippen molar-refractivity contribution < 1.29 is 14.3 Å². The molecule has 0 saturated heterocycles. The molecule has 1 amide bonds. The van der Waals surface area contributed by atoms with Crippen molar-refractivity contribution in [2.24, 2.45) is 5.92 Å². The van der Waals surface area contributed by atoms with Crippen LogP contribution in [0.3, 0.4) is 0 Å². The Hall–Kier alpha value is -0.320. The van der Waals surface area contributed by atoms with Gasteiger partial charge in [-0.05, 0) is 18.8 Å². The van der Waals surface area contributed by atoms with Crippen LogP contribution in [-0.2, 0) is 14.3 Å². The van der Waals surface area contributed by atoms with Gasteiger partial charge in [-0.1, -0.05) is 19.8 Å². The zero-order valence-electron chi connectivity index (χ0n) is 11.3. The fourth-order valence-electron chi connectivity index (χ4n) is 2.57. The van der Waals surface area contributed by atoms with Crippen LogP contribution in [0.1, 0.15) is 32.6 Å². The second kappa shape index (κ2) is 7.97. The van der Waals surface area contributed by atoms with Gasteiger partial charge in [0.15, 0.2) is 0 Å². The third kappa shape index (κ3) is 5.12. The van der Waals surface area contributed by atoms with E-state index in [9.17, 15) is 4.79 Å². The largest absolute Gasteiger partial charge is 0.382 e. The molecule has 0 bridgehead atoms. The molecule has 1 fully saturated rings. The van der Waals surface area contributed by atoms with E-state index in [1.807, 2.05) is 0 Å². The van der Waals surface area contributed by atoms with Gasteiger partial charge < -0.3 is 14.8 Å². The average Bonchev–Trinajstić information content (AvgIpc) is 2.34. The lowest BCUT2D eigenvalue weighted by atomic mass is 9.77. The molecule has 1 aliphatic carbocycles. The summed E-state index contributed by atoms with van der Waals surface area (Å²) in [5.74, 6) is 1.01. The lowest BCUT2D eigenvalue weighted by Gasteiger charge is -2.39. The van der Waals surface area contributed by atoms with Gasteiger partial charge in [0, 0.05) is 13.0 Å². The number of carbonyl (C=O) groups excluding carboxylic acids is 1. The van der Waals surface area contributed by atoms with E-state index in [-0.39, 0.29) is 18.1 Å². The minimum Gasteiger partial charge on any atom is -0.382 e. The molecule has 0 aromatic heterocycles. The standard InChI is InChI=1S/C13H24ClNO3/c1-11-4-3-5-13(8-11,10-14)15-12(16)9-18-7-6-17-2/h11H,3-10H2,1-2H3,(H,15,16).